The topological polar surface area (TPSA) is 86.3 Å². The van der Waals surface area contributed by atoms with Crippen LogP contribution in [-0.2, 0) is 20.7 Å². The lowest BCUT2D eigenvalue weighted by Gasteiger charge is -2.33. The van der Waals surface area contributed by atoms with Gasteiger partial charge in [-0.25, -0.2) is 4.79 Å². The number of esters is 1. The molecule has 2 aliphatic heterocycles. The zero-order valence-electron chi connectivity index (χ0n) is 19.3. The molecular formula is C25H30N2O6. The minimum absolute atomic E-state index is 0.287. The highest BCUT2D eigenvalue weighted by Gasteiger charge is 2.43. The molecule has 1 fully saturated rings. The number of carbonyl (C=O) groups excluding carboxylic acids is 2. The van der Waals surface area contributed by atoms with E-state index < -0.39 is 17.5 Å². The van der Waals surface area contributed by atoms with Crippen molar-refractivity contribution in [2.75, 3.05) is 49.7 Å². The Kier molecular flexibility index (Phi) is 6.74. The Hall–Kier alpha value is -3.26. The van der Waals surface area contributed by atoms with E-state index in [1.807, 2.05) is 32.0 Å². The Morgan fingerprint density at radius 3 is 2.52 bits per heavy atom. The second kappa shape index (κ2) is 9.70. The van der Waals surface area contributed by atoms with Gasteiger partial charge in [0.15, 0.2) is 5.60 Å². The highest BCUT2D eigenvalue weighted by Crippen LogP contribution is 2.40. The van der Waals surface area contributed by atoms with Gasteiger partial charge in [-0.3, -0.25) is 4.79 Å². The van der Waals surface area contributed by atoms with Gasteiger partial charge in [0, 0.05) is 31.6 Å². The lowest BCUT2D eigenvalue weighted by molar-refractivity contribution is -0.134. The average Bonchev–Trinajstić information content (AvgIpc) is 2.81. The predicted molar refractivity (Wildman–Crippen MR) is 124 cm³/mol. The van der Waals surface area contributed by atoms with E-state index in [0.717, 1.165) is 24.3 Å². The number of carbonyl (C=O) groups is 2. The molecule has 1 saturated heterocycles. The lowest BCUT2D eigenvalue weighted by atomic mass is 9.89. The SMILES string of the molecule is CCOc1cc(N2CCOCC2)c(OCC)cc1NC(=O)[C@@]1(C)Cc2ccccc2C(=O)O1. The van der Waals surface area contributed by atoms with Crippen LogP contribution in [0.25, 0.3) is 0 Å². The second-order valence-electron chi connectivity index (χ2n) is 8.19. The first-order valence-corrected chi connectivity index (χ1v) is 11.3. The van der Waals surface area contributed by atoms with Crippen molar-refractivity contribution in [2.24, 2.45) is 0 Å². The molecule has 0 aromatic heterocycles. The summed E-state index contributed by atoms with van der Waals surface area (Å²) in [6.07, 6.45) is 0.287. The van der Waals surface area contributed by atoms with Crippen LogP contribution in [0.1, 0.15) is 36.7 Å². The van der Waals surface area contributed by atoms with Gasteiger partial charge >= 0.3 is 5.97 Å². The van der Waals surface area contributed by atoms with E-state index in [0.29, 0.717) is 49.2 Å². The third kappa shape index (κ3) is 4.75. The van der Waals surface area contributed by atoms with Gasteiger partial charge in [0.25, 0.3) is 5.91 Å². The third-order valence-corrected chi connectivity index (χ3v) is 5.82. The van der Waals surface area contributed by atoms with Crippen LogP contribution in [0.3, 0.4) is 0 Å². The Balaban J connectivity index is 1.64. The molecule has 0 radical (unpaired) electrons. The molecule has 0 bridgehead atoms. The highest BCUT2D eigenvalue weighted by atomic mass is 16.6. The van der Waals surface area contributed by atoms with Crippen LogP contribution in [0.4, 0.5) is 11.4 Å². The summed E-state index contributed by atoms with van der Waals surface area (Å²) in [6.45, 7) is 9.09. The van der Waals surface area contributed by atoms with Crippen molar-refractivity contribution >= 4 is 23.3 Å². The Bertz CT molecular complexity index is 1030. The van der Waals surface area contributed by atoms with Crippen LogP contribution in [0.2, 0.25) is 0 Å². The zero-order valence-corrected chi connectivity index (χ0v) is 19.3. The molecule has 0 saturated carbocycles. The minimum atomic E-state index is -1.34. The Morgan fingerprint density at radius 1 is 1.09 bits per heavy atom. The maximum atomic E-state index is 13.3. The summed E-state index contributed by atoms with van der Waals surface area (Å²) >= 11 is 0. The van der Waals surface area contributed by atoms with Crippen molar-refractivity contribution in [2.45, 2.75) is 32.8 Å². The molecule has 1 amide bonds. The molecule has 0 spiro atoms. The van der Waals surface area contributed by atoms with E-state index in [2.05, 4.69) is 10.2 Å². The number of fused-ring (bicyclic) bond motifs is 1. The summed E-state index contributed by atoms with van der Waals surface area (Å²) in [6, 6.07) is 10.8. The van der Waals surface area contributed by atoms with Gasteiger partial charge in [0.05, 0.1) is 43.4 Å². The van der Waals surface area contributed by atoms with Crippen molar-refractivity contribution < 1.29 is 28.5 Å². The van der Waals surface area contributed by atoms with E-state index in [9.17, 15) is 9.59 Å². The zero-order chi connectivity index (χ0) is 23.4. The van der Waals surface area contributed by atoms with Gasteiger partial charge in [-0.05, 0) is 32.4 Å². The average molecular weight is 455 g/mol. The Labute approximate surface area is 193 Å². The quantitative estimate of drug-likeness (QED) is 0.642. The smallest absolute Gasteiger partial charge is 0.339 e. The summed E-state index contributed by atoms with van der Waals surface area (Å²) in [5.74, 6) is 0.251. The van der Waals surface area contributed by atoms with Crippen molar-refractivity contribution in [3.05, 3.63) is 47.5 Å². The first-order valence-electron chi connectivity index (χ1n) is 11.3. The Morgan fingerprint density at radius 2 is 1.79 bits per heavy atom. The summed E-state index contributed by atoms with van der Waals surface area (Å²) in [4.78, 5) is 28.1. The minimum Gasteiger partial charge on any atom is -0.492 e. The molecule has 1 N–H and O–H groups in total. The lowest BCUT2D eigenvalue weighted by Crippen LogP contribution is -2.49. The largest absolute Gasteiger partial charge is 0.492 e. The molecule has 8 nitrogen and oxygen atoms in total. The van der Waals surface area contributed by atoms with Crippen LogP contribution in [0.5, 0.6) is 11.5 Å². The highest BCUT2D eigenvalue weighted by molar-refractivity contribution is 6.03. The molecule has 1 atom stereocenters. The number of nitrogens with zero attached hydrogens (tertiary/aromatic N) is 1. The van der Waals surface area contributed by atoms with Crippen molar-refractivity contribution in [1.82, 2.24) is 0 Å². The maximum absolute atomic E-state index is 13.3. The first-order chi connectivity index (χ1) is 15.9. The van der Waals surface area contributed by atoms with Gasteiger partial charge < -0.3 is 29.2 Å². The number of nitrogens with one attached hydrogen (secondary N) is 1. The molecule has 2 heterocycles. The van der Waals surface area contributed by atoms with E-state index in [1.165, 1.54) is 0 Å². The number of hydrogen-bond donors (Lipinski definition) is 1. The second-order valence-corrected chi connectivity index (χ2v) is 8.19. The molecule has 176 valence electrons. The monoisotopic (exact) mass is 454 g/mol. The van der Waals surface area contributed by atoms with Gasteiger partial charge in [0.2, 0.25) is 0 Å². The van der Waals surface area contributed by atoms with Crippen LogP contribution in [-0.4, -0.2) is 57.0 Å². The summed E-state index contributed by atoms with van der Waals surface area (Å²) < 4.78 is 22.8. The molecule has 4 rings (SSSR count). The van der Waals surface area contributed by atoms with Crippen molar-refractivity contribution in [1.29, 1.82) is 0 Å². The van der Waals surface area contributed by atoms with Gasteiger partial charge in [-0.2, -0.15) is 0 Å². The molecule has 2 aromatic rings. The normalized spacial score (nSPS) is 20.0. The first kappa shape index (κ1) is 22.9. The number of rotatable bonds is 7. The van der Waals surface area contributed by atoms with Crippen LogP contribution < -0.4 is 19.7 Å². The van der Waals surface area contributed by atoms with E-state index in [4.69, 9.17) is 18.9 Å². The molecule has 2 aliphatic rings. The molecule has 2 aromatic carbocycles. The standard InChI is InChI=1S/C25H30N2O6/c1-4-31-21-15-20(27-10-12-30-13-11-27)22(32-5-2)14-19(21)26-24(29)25(3)16-17-8-6-7-9-18(17)23(28)33-25/h6-9,14-15H,4-5,10-13,16H2,1-3H3,(H,26,29)/t25-/m1/s1. The fraction of sp³-hybridized carbons (Fsp3) is 0.440. The summed E-state index contributed by atoms with van der Waals surface area (Å²) in [5, 5.41) is 2.92. The van der Waals surface area contributed by atoms with Crippen LogP contribution >= 0.6 is 0 Å². The molecular weight excluding hydrogens is 424 g/mol. The van der Waals surface area contributed by atoms with E-state index >= 15 is 0 Å². The number of cyclic esters (lactones) is 1. The number of ether oxygens (including phenoxy) is 4. The molecule has 0 unspecified atom stereocenters. The van der Waals surface area contributed by atoms with E-state index in [1.54, 1.807) is 25.1 Å². The number of hydrogen-bond acceptors (Lipinski definition) is 7. The van der Waals surface area contributed by atoms with Gasteiger partial charge in [-0.15, -0.1) is 0 Å². The fourth-order valence-corrected chi connectivity index (χ4v) is 4.16. The predicted octanol–water partition coefficient (Wildman–Crippen LogP) is 3.43. The number of amides is 1. The van der Waals surface area contributed by atoms with Crippen LogP contribution in [0, 0.1) is 0 Å². The molecule has 8 heteroatoms. The van der Waals surface area contributed by atoms with E-state index in [-0.39, 0.29) is 6.42 Å². The fourth-order valence-electron chi connectivity index (χ4n) is 4.16. The third-order valence-electron chi connectivity index (χ3n) is 5.82. The summed E-state index contributed by atoms with van der Waals surface area (Å²) in [7, 11) is 0. The summed E-state index contributed by atoms with van der Waals surface area (Å²) in [5.41, 5.74) is 1.30. The van der Waals surface area contributed by atoms with Crippen LogP contribution in [0.15, 0.2) is 36.4 Å². The van der Waals surface area contributed by atoms with Gasteiger partial charge in [0.1, 0.15) is 11.5 Å². The molecule has 33 heavy (non-hydrogen) atoms. The number of morpholine rings is 1. The van der Waals surface area contributed by atoms with Crippen molar-refractivity contribution in [3.63, 3.8) is 0 Å². The number of anilines is 2. The molecule has 0 aliphatic carbocycles. The maximum Gasteiger partial charge on any atom is 0.339 e. The number of benzene rings is 2. The van der Waals surface area contributed by atoms with Gasteiger partial charge in [-0.1, -0.05) is 18.2 Å². The van der Waals surface area contributed by atoms with Crippen molar-refractivity contribution in [3.8, 4) is 11.5 Å².